The molecule has 7 aliphatic rings. The van der Waals surface area contributed by atoms with E-state index in [1.165, 1.54) is 0 Å². The molecule has 2 unspecified atom stereocenters. The second kappa shape index (κ2) is 16.7. The van der Waals surface area contributed by atoms with Crippen molar-refractivity contribution in [2.75, 3.05) is 46.6 Å². The van der Waals surface area contributed by atoms with Crippen LogP contribution in [0.2, 0.25) is 0 Å². The molecule has 0 bridgehead atoms. The zero-order chi connectivity index (χ0) is 41.3. The fourth-order valence-corrected chi connectivity index (χ4v) is 8.98. The summed E-state index contributed by atoms with van der Waals surface area (Å²) in [6.45, 7) is -1.48. The van der Waals surface area contributed by atoms with E-state index in [9.17, 15) is 51.1 Å². The summed E-state index contributed by atoms with van der Waals surface area (Å²) in [5.74, 6) is 1.56. The summed E-state index contributed by atoms with van der Waals surface area (Å²) >= 11 is 0. The lowest BCUT2D eigenvalue weighted by molar-refractivity contribution is -0.348. The second-order valence-corrected chi connectivity index (χ2v) is 15.7. The molecule has 0 saturated carbocycles. The molecule has 326 valence electrons. The molecule has 59 heavy (non-hydrogen) atoms. The van der Waals surface area contributed by atoms with Crippen molar-refractivity contribution in [3.05, 3.63) is 47.0 Å². The Hall–Kier alpha value is -3.04. The van der Waals surface area contributed by atoms with Crippen LogP contribution in [0.5, 0.6) is 23.0 Å². The lowest BCUT2D eigenvalue weighted by Crippen LogP contribution is -2.63. The van der Waals surface area contributed by atoms with Crippen LogP contribution < -0.4 is 18.9 Å². The molecule has 2 aromatic carbocycles. The molecular formula is C38H48O21. The van der Waals surface area contributed by atoms with E-state index in [4.69, 9.17) is 52.1 Å². The maximum Gasteiger partial charge on any atom is 0.231 e. The largest absolute Gasteiger partial charge is 0.454 e. The van der Waals surface area contributed by atoms with Gasteiger partial charge >= 0.3 is 0 Å². The fraction of sp³-hybridized carbons (Fsp3) is 0.684. The molecule has 0 radical (unpaired) electrons. The van der Waals surface area contributed by atoms with Gasteiger partial charge < -0.3 is 103 Å². The molecule has 5 saturated heterocycles. The van der Waals surface area contributed by atoms with Gasteiger partial charge in [0.2, 0.25) is 13.6 Å². The summed E-state index contributed by atoms with van der Waals surface area (Å²) in [4.78, 5) is 0. The van der Waals surface area contributed by atoms with Gasteiger partial charge in [-0.05, 0) is 41.0 Å². The molecule has 21 nitrogen and oxygen atoms in total. The molecular weight excluding hydrogens is 792 g/mol. The lowest BCUT2D eigenvalue weighted by atomic mass is 9.81. The molecule has 0 aromatic heterocycles. The number of aliphatic hydroxyl groups is 10. The van der Waals surface area contributed by atoms with Gasteiger partial charge in [-0.1, -0.05) is 6.07 Å². The first-order valence-corrected chi connectivity index (χ1v) is 19.4. The van der Waals surface area contributed by atoms with E-state index < -0.39 is 118 Å². The minimum Gasteiger partial charge on any atom is -0.454 e. The van der Waals surface area contributed by atoms with Crippen molar-refractivity contribution in [1.82, 2.24) is 0 Å². The predicted molar refractivity (Wildman–Crippen MR) is 187 cm³/mol. The quantitative estimate of drug-likeness (QED) is 0.110. The third-order valence-electron chi connectivity index (χ3n) is 12.3. The average molecular weight is 841 g/mol. The molecule has 0 spiro atoms. The van der Waals surface area contributed by atoms with Gasteiger partial charge in [0.05, 0.1) is 45.2 Å². The average Bonchev–Trinajstić information content (AvgIpc) is 4.07. The van der Waals surface area contributed by atoms with E-state index in [1.54, 1.807) is 12.1 Å². The van der Waals surface area contributed by atoms with Crippen molar-refractivity contribution in [3.8, 4) is 23.0 Å². The van der Waals surface area contributed by atoms with Crippen LogP contribution in [0.1, 0.15) is 35.0 Å². The number of hydrogen-bond donors (Lipinski definition) is 10. The maximum atomic E-state index is 11.8. The number of fused-ring (bicyclic) bond motifs is 3. The van der Waals surface area contributed by atoms with E-state index in [2.05, 4.69) is 0 Å². The monoisotopic (exact) mass is 840 g/mol. The highest BCUT2D eigenvalue weighted by molar-refractivity contribution is 5.51. The summed E-state index contributed by atoms with van der Waals surface area (Å²) < 4.78 is 65.0. The summed E-state index contributed by atoms with van der Waals surface area (Å²) in [5.41, 5.74) is 1.71. The third-order valence-corrected chi connectivity index (χ3v) is 12.3. The Morgan fingerprint density at radius 3 is 1.68 bits per heavy atom. The molecule has 5 fully saturated rings. The molecule has 9 rings (SSSR count). The molecule has 0 aliphatic carbocycles. The van der Waals surface area contributed by atoms with Crippen molar-refractivity contribution in [2.24, 2.45) is 11.8 Å². The molecule has 19 atom stereocenters. The van der Waals surface area contributed by atoms with Crippen LogP contribution in [0.3, 0.4) is 0 Å². The molecule has 7 aliphatic heterocycles. The van der Waals surface area contributed by atoms with Crippen LogP contribution in [-0.4, -0.2) is 184 Å². The first kappa shape index (κ1) is 41.3. The minimum absolute atomic E-state index is 0.113. The van der Waals surface area contributed by atoms with Crippen LogP contribution in [0.25, 0.3) is 0 Å². The molecule has 7 heterocycles. The Balaban J connectivity index is 1.04. The molecule has 0 amide bonds. The topological polar surface area (TPSA) is 304 Å². The molecule has 21 heteroatoms. The highest BCUT2D eigenvalue weighted by atomic mass is 16.7. The van der Waals surface area contributed by atoms with Gasteiger partial charge in [0.25, 0.3) is 0 Å². The van der Waals surface area contributed by atoms with Gasteiger partial charge in [0.15, 0.2) is 35.6 Å². The van der Waals surface area contributed by atoms with Crippen LogP contribution >= 0.6 is 0 Å². The van der Waals surface area contributed by atoms with Gasteiger partial charge in [-0.3, -0.25) is 0 Å². The lowest BCUT2D eigenvalue weighted by Gasteiger charge is -2.47. The summed E-state index contributed by atoms with van der Waals surface area (Å²) in [5, 5.41) is 106. The number of hydrogen-bond acceptors (Lipinski definition) is 21. The Morgan fingerprint density at radius 2 is 1.03 bits per heavy atom. The molecule has 2 aromatic rings. The Bertz CT molecular complexity index is 1800. The smallest absolute Gasteiger partial charge is 0.231 e. The SMILES string of the molecule is OC[C@H]1O[C@@H](OC[C@H]2O[C@@H](c3cc4c(cc3[C@H]3OCC5C3CO[C@@H]5c3ccc5c(c3)OCO5)OCO4)[C@H](O[C@@H]3O[C@H](CO)[C@@H](O)[C@H](O)[C@H]3O)[C@@H](O)[C@@H]2O)[C@H](O)[C@@H](O)[C@@H]1O. The number of ether oxygens (including phenoxy) is 11. The van der Waals surface area contributed by atoms with Crippen molar-refractivity contribution >= 4 is 0 Å². The fourth-order valence-electron chi connectivity index (χ4n) is 8.98. The van der Waals surface area contributed by atoms with Crippen molar-refractivity contribution < 1.29 is 103 Å². The second-order valence-electron chi connectivity index (χ2n) is 15.7. The van der Waals surface area contributed by atoms with E-state index in [0.717, 1.165) is 5.56 Å². The summed E-state index contributed by atoms with van der Waals surface area (Å²) in [6.07, 6.45) is -25.7. The molecule has 10 N–H and O–H groups in total. The third kappa shape index (κ3) is 7.34. The number of rotatable bonds is 10. The Morgan fingerprint density at radius 1 is 0.508 bits per heavy atom. The van der Waals surface area contributed by atoms with Crippen LogP contribution in [0.15, 0.2) is 30.3 Å². The van der Waals surface area contributed by atoms with Crippen LogP contribution in [0, 0.1) is 11.8 Å². The number of benzene rings is 2. The van der Waals surface area contributed by atoms with E-state index in [1.807, 2.05) is 18.2 Å². The van der Waals surface area contributed by atoms with Crippen molar-refractivity contribution in [3.63, 3.8) is 0 Å². The van der Waals surface area contributed by atoms with Gasteiger partial charge in [-0.2, -0.15) is 0 Å². The van der Waals surface area contributed by atoms with Crippen LogP contribution in [0.4, 0.5) is 0 Å². The van der Waals surface area contributed by atoms with Gasteiger partial charge in [-0.25, -0.2) is 0 Å². The van der Waals surface area contributed by atoms with Gasteiger partial charge in [0.1, 0.15) is 79.4 Å². The van der Waals surface area contributed by atoms with Crippen molar-refractivity contribution in [2.45, 2.75) is 104 Å². The van der Waals surface area contributed by atoms with Crippen LogP contribution in [-0.2, 0) is 33.2 Å². The van der Waals surface area contributed by atoms with E-state index in [-0.39, 0.29) is 44.7 Å². The zero-order valence-corrected chi connectivity index (χ0v) is 31.3. The normalized spacial score (nSPS) is 43.9. The van der Waals surface area contributed by atoms with Gasteiger partial charge in [-0.15, -0.1) is 0 Å². The first-order chi connectivity index (χ1) is 28.5. The Labute approximate surface area is 335 Å². The highest BCUT2D eigenvalue weighted by Crippen LogP contribution is 2.54. The van der Waals surface area contributed by atoms with E-state index in [0.29, 0.717) is 34.1 Å². The zero-order valence-electron chi connectivity index (χ0n) is 31.3. The highest BCUT2D eigenvalue weighted by Gasteiger charge is 2.54. The minimum atomic E-state index is -1.89. The predicted octanol–water partition coefficient (Wildman–Crippen LogP) is -3.62. The summed E-state index contributed by atoms with van der Waals surface area (Å²) in [7, 11) is 0. The van der Waals surface area contributed by atoms with E-state index >= 15 is 0 Å². The van der Waals surface area contributed by atoms with Gasteiger partial charge in [0, 0.05) is 11.8 Å². The maximum absolute atomic E-state index is 11.8. The summed E-state index contributed by atoms with van der Waals surface area (Å²) in [6, 6.07) is 8.93. The number of aliphatic hydroxyl groups excluding tert-OH is 10. The van der Waals surface area contributed by atoms with Crippen molar-refractivity contribution in [1.29, 1.82) is 0 Å². The first-order valence-electron chi connectivity index (χ1n) is 19.4. The standard InChI is InChI=1S/C38H48O21/c39-6-22-25(41)28(44)31(47)37(57-22)51-10-24-27(43)30(46)36(59-38-32(48)29(45)26(42)23(7-40)58-38)35(56-24)15-5-21-20(54-12-55-21)4-14(15)34-17-9-49-33(16(17)8-50-34)13-1-2-18-19(3-13)53-11-52-18/h1-5,16-17,22-48H,6-12H2/t16?,17?,22-,23-,24-,25-,26-,27-,28+,29+,30+,31-,32-,33-,34-,35+,36-,37-,38+/m1/s1. The Kier molecular flexibility index (Phi) is 11.7.